The summed E-state index contributed by atoms with van der Waals surface area (Å²) in [5.74, 6) is 0.196. The van der Waals surface area contributed by atoms with Crippen LogP contribution >= 0.6 is 0 Å². The van der Waals surface area contributed by atoms with Gasteiger partial charge in [-0.1, -0.05) is 24.3 Å². The predicted octanol–water partition coefficient (Wildman–Crippen LogP) is 3.41. The van der Waals surface area contributed by atoms with Crippen LogP contribution in [0.25, 0.3) is 16.1 Å². The summed E-state index contributed by atoms with van der Waals surface area (Å²) in [4.78, 5) is 3.42. The van der Waals surface area contributed by atoms with Gasteiger partial charge in [0.25, 0.3) is 0 Å². The van der Waals surface area contributed by atoms with Crippen LogP contribution in [0.15, 0.2) is 48.5 Å². The molecule has 0 aliphatic heterocycles. The van der Waals surface area contributed by atoms with Crippen molar-refractivity contribution in [2.75, 3.05) is 0 Å². The Morgan fingerprint density at radius 2 is 1.35 bits per heavy atom. The summed E-state index contributed by atoms with van der Waals surface area (Å²) in [5, 5.41) is 27.8. The minimum absolute atomic E-state index is 0.0973. The van der Waals surface area contributed by atoms with Crippen molar-refractivity contribution in [3.63, 3.8) is 0 Å². The normalized spacial score (nSPS) is 11.1. The van der Waals surface area contributed by atoms with Gasteiger partial charge in [0.1, 0.15) is 11.5 Å². The monoisotopic (exact) mass is 262 g/mol. The Morgan fingerprint density at radius 1 is 0.900 bits per heavy atom. The van der Waals surface area contributed by atoms with Gasteiger partial charge in [-0.2, -0.15) is 5.26 Å². The Morgan fingerprint density at radius 3 is 1.75 bits per heavy atom. The summed E-state index contributed by atoms with van der Waals surface area (Å²) in [5.41, 5.74) is 1.55. The van der Waals surface area contributed by atoms with E-state index in [4.69, 9.17) is 6.57 Å². The number of hydrogen-bond acceptors (Lipinski definition) is 3. The maximum Gasteiger partial charge on any atom is 0.212 e. The molecule has 4 nitrogen and oxygen atoms in total. The van der Waals surface area contributed by atoms with Crippen molar-refractivity contribution in [3.8, 4) is 17.6 Å². The second kappa shape index (κ2) is 5.60. The zero-order chi connectivity index (χ0) is 14.5. The summed E-state index contributed by atoms with van der Waals surface area (Å²) in [6, 6.07) is 14.2. The summed E-state index contributed by atoms with van der Waals surface area (Å²) in [6.45, 7) is 7.28. The van der Waals surface area contributed by atoms with E-state index < -0.39 is 0 Å². The third kappa shape index (κ3) is 2.60. The lowest BCUT2D eigenvalue weighted by molar-refractivity contribution is 0.474. The van der Waals surface area contributed by atoms with Gasteiger partial charge < -0.3 is 10.2 Å². The zero-order valence-corrected chi connectivity index (χ0v) is 10.4. The molecule has 0 spiro atoms. The van der Waals surface area contributed by atoms with E-state index in [2.05, 4.69) is 4.85 Å². The highest BCUT2D eigenvalue weighted by molar-refractivity contribution is 5.99. The fourth-order valence-electron chi connectivity index (χ4n) is 1.77. The van der Waals surface area contributed by atoms with Crippen molar-refractivity contribution in [3.05, 3.63) is 71.1 Å². The van der Waals surface area contributed by atoms with E-state index in [1.807, 2.05) is 6.07 Å². The molecular formula is C16H10N2O2. The number of rotatable bonds is 2. The third-order valence-corrected chi connectivity index (χ3v) is 2.76. The van der Waals surface area contributed by atoms with Crippen LogP contribution < -0.4 is 0 Å². The van der Waals surface area contributed by atoms with E-state index in [0.29, 0.717) is 11.1 Å². The molecule has 0 saturated carbocycles. The zero-order valence-electron chi connectivity index (χ0n) is 10.4. The van der Waals surface area contributed by atoms with Crippen LogP contribution in [0.4, 0.5) is 0 Å². The number of hydrogen-bond donors (Lipinski definition) is 2. The number of benzene rings is 2. The number of nitrogens with zero attached hydrogens (tertiary/aromatic N) is 2. The minimum atomic E-state index is 0.0973. The van der Waals surface area contributed by atoms with Gasteiger partial charge in [-0.3, -0.25) is 0 Å². The first kappa shape index (κ1) is 13.2. The van der Waals surface area contributed by atoms with Crippen molar-refractivity contribution in [2.24, 2.45) is 0 Å². The van der Waals surface area contributed by atoms with Crippen LogP contribution in [0.2, 0.25) is 0 Å². The van der Waals surface area contributed by atoms with Gasteiger partial charge in [-0.25, -0.2) is 4.85 Å². The minimum Gasteiger partial charge on any atom is -0.508 e. The number of aromatic hydroxyl groups is 2. The molecule has 20 heavy (non-hydrogen) atoms. The molecule has 2 N–H and O–H groups in total. The van der Waals surface area contributed by atoms with Gasteiger partial charge in [-0.05, 0) is 35.4 Å². The Kier molecular flexibility index (Phi) is 3.70. The molecule has 2 aromatic carbocycles. The van der Waals surface area contributed by atoms with Crippen molar-refractivity contribution in [1.82, 2.24) is 0 Å². The largest absolute Gasteiger partial charge is 0.508 e. The lowest BCUT2D eigenvalue weighted by Crippen LogP contribution is -1.87. The Bertz CT molecular complexity index is 665. The van der Waals surface area contributed by atoms with Crippen LogP contribution in [-0.2, 0) is 0 Å². The molecule has 0 saturated heterocycles. The highest BCUT2D eigenvalue weighted by Gasteiger charge is 2.12. The van der Waals surface area contributed by atoms with E-state index >= 15 is 0 Å². The lowest BCUT2D eigenvalue weighted by atomic mass is 10.0. The van der Waals surface area contributed by atoms with Gasteiger partial charge in [0.15, 0.2) is 0 Å². The molecule has 0 radical (unpaired) electrons. The smallest absolute Gasteiger partial charge is 0.212 e. The van der Waals surface area contributed by atoms with E-state index in [0.717, 1.165) is 0 Å². The molecule has 0 aromatic heterocycles. The second-order valence-electron chi connectivity index (χ2n) is 4.04. The lowest BCUT2D eigenvalue weighted by Gasteiger charge is -2.05. The molecule has 0 unspecified atom stereocenters. The van der Waals surface area contributed by atoms with Gasteiger partial charge in [0.05, 0.1) is 18.2 Å². The molecule has 4 heteroatoms. The first-order valence-electron chi connectivity index (χ1n) is 5.76. The molecule has 0 atom stereocenters. The van der Waals surface area contributed by atoms with E-state index in [-0.39, 0.29) is 22.8 Å². The first-order valence-corrected chi connectivity index (χ1v) is 5.76. The van der Waals surface area contributed by atoms with E-state index in [1.165, 1.54) is 24.3 Å². The maximum absolute atomic E-state index is 9.30. The van der Waals surface area contributed by atoms with Crippen molar-refractivity contribution >= 4 is 11.3 Å². The third-order valence-electron chi connectivity index (χ3n) is 2.76. The van der Waals surface area contributed by atoms with Gasteiger partial charge in [0, 0.05) is 0 Å². The summed E-state index contributed by atoms with van der Waals surface area (Å²) >= 11 is 0. The topological polar surface area (TPSA) is 68.6 Å². The number of allylic oxidation sites excluding steroid dienone is 1. The highest BCUT2D eigenvalue weighted by atomic mass is 16.3. The number of phenols is 2. The molecule has 0 amide bonds. The van der Waals surface area contributed by atoms with Crippen LogP contribution in [-0.4, -0.2) is 10.2 Å². The van der Waals surface area contributed by atoms with Crippen LogP contribution in [0, 0.1) is 17.9 Å². The molecule has 2 aromatic rings. The summed E-state index contributed by atoms with van der Waals surface area (Å²) in [6.07, 6.45) is 0. The average molecular weight is 262 g/mol. The first-order chi connectivity index (χ1) is 9.65. The molecule has 96 valence electrons. The fourth-order valence-corrected chi connectivity index (χ4v) is 1.77. The molecule has 0 aliphatic rings. The Hall–Kier alpha value is -3.24. The molecule has 0 fully saturated rings. The molecule has 0 aliphatic carbocycles. The Labute approximate surface area is 116 Å². The van der Waals surface area contributed by atoms with Crippen LogP contribution in [0.1, 0.15) is 11.1 Å². The van der Waals surface area contributed by atoms with Crippen molar-refractivity contribution < 1.29 is 10.2 Å². The Balaban J connectivity index is 2.60. The average Bonchev–Trinajstić information content (AvgIpc) is 2.47. The molecule has 0 heterocycles. The fraction of sp³-hybridized carbons (Fsp3) is 0. The molecule has 2 rings (SSSR count). The van der Waals surface area contributed by atoms with Crippen LogP contribution in [0.3, 0.4) is 0 Å². The van der Waals surface area contributed by atoms with Crippen molar-refractivity contribution in [1.29, 1.82) is 5.26 Å². The molecule has 0 bridgehead atoms. The highest BCUT2D eigenvalue weighted by Crippen LogP contribution is 2.29. The second-order valence-corrected chi connectivity index (χ2v) is 4.04. The predicted molar refractivity (Wildman–Crippen MR) is 75.2 cm³/mol. The van der Waals surface area contributed by atoms with Gasteiger partial charge in [0.2, 0.25) is 5.70 Å². The maximum atomic E-state index is 9.30. The van der Waals surface area contributed by atoms with Crippen molar-refractivity contribution in [2.45, 2.75) is 0 Å². The quantitative estimate of drug-likeness (QED) is 0.495. The SMILES string of the molecule is [C-]#[N+]/C(=C(/C#N)c1ccc(O)cc1)c1ccc(O)cc1. The standard InChI is InChI=1S/C16H10N2O2/c1-18-16(12-4-8-14(20)9-5-12)15(10-17)11-2-6-13(19)7-3-11/h2-9,19-20H/b16-15-. The summed E-state index contributed by atoms with van der Waals surface area (Å²) < 4.78 is 0. The van der Waals surface area contributed by atoms with E-state index in [9.17, 15) is 15.5 Å². The number of nitriles is 1. The van der Waals surface area contributed by atoms with E-state index in [1.54, 1.807) is 24.3 Å². The number of phenolic OH excluding ortho intramolecular Hbond substituents is 2. The summed E-state index contributed by atoms with van der Waals surface area (Å²) in [7, 11) is 0. The van der Waals surface area contributed by atoms with Gasteiger partial charge >= 0.3 is 0 Å². The van der Waals surface area contributed by atoms with Gasteiger partial charge in [-0.15, -0.1) is 0 Å². The van der Waals surface area contributed by atoms with Crippen LogP contribution in [0.5, 0.6) is 11.5 Å². The molecular weight excluding hydrogens is 252 g/mol.